The summed E-state index contributed by atoms with van der Waals surface area (Å²) in [6.07, 6.45) is 0. The number of nitrogens with zero attached hydrogens (tertiary/aromatic N) is 1. The zero-order chi connectivity index (χ0) is 18.2. The van der Waals surface area contributed by atoms with Crippen molar-refractivity contribution in [3.8, 4) is 0 Å². The van der Waals surface area contributed by atoms with Gasteiger partial charge >= 0.3 is 0 Å². The summed E-state index contributed by atoms with van der Waals surface area (Å²) >= 11 is 0. The van der Waals surface area contributed by atoms with E-state index in [1.807, 2.05) is 68.4 Å². The topological polar surface area (TPSA) is 61.4 Å². The average molecular weight is 339 g/mol. The molecule has 2 rings (SSSR count). The van der Waals surface area contributed by atoms with Crippen molar-refractivity contribution in [2.45, 2.75) is 19.9 Å². The van der Waals surface area contributed by atoms with Gasteiger partial charge in [-0.2, -0.15) is 0 Å². The van der Waals surface area contributed by atoms with Crippen molar-refractivity contribution in [2.24, 2.45) is 0 Å². The molecular formula is C20H25N3O2. The number of aryl methyl sites for hydroxylation is 1. The van der Waals surface area contributed by atoms with Gasteiger partial charge in [0.25, 0.3) is 0 Å². The number of anilines is 1. The molecule has 0 aliphatic rings. The van der Waals surface area contributed by atoms with Crippen LogP contribution in [0.1, 0.15) is 24.1 Å². The number of carbonyl (C=O) groups excluding carboxylic acids is 2. The Labute approximate surface area is 149 Å². The molecule has 5 heteroatoms. The van der Waals surface area contributed by atoms with Crippen LogP contribution in [0.25, 0.3) is 0 Å². The highest BCUT2D eigenvalue weighted by atomic mass is 16.2. The molecule has 2 amide bonds. The quantitative estimate of drug-likeness (QED) is 0.815. The number of rotatable bonds is 7. The monoisotopic (exact) mass is 339 g/mol. The molecule has 0 saturated carbocycles. The fourth-order valence-electron chi connectivity index (χ4n) is 2.50. The van der Waals surface area contributed by atoms with Gasteiger partial charge in [0.1, 0.15) is 0 Å². The van der Waals surface area contributed by atoms with Crippen LogP contribution in [0.5, 0.6) is 0 Å². The number of hydrogen-bond donors (Lipinski definition) is 2. The van der Waals surface area contributed by atoms with E-state index in [0.717, 1.165) is 16.8 Å². The maximum absolute atomic E-state index is 12.1. The highest BCUT2D eigenvalue weighted by molar-refractivity contribution is 5.92. The van der Waals surface area contributed by atoms with Crippen LogP contribution in [0.15, 0.2) is 54.6 Å². The van der Waals surface area contributed by atoms with Gasteiger partial charge in [-0.05, 0) is 38.6 Å². The Morgan fingerprint density at radius 3 is 2.20 bits per heavy atom. The number of amides is 2. The second-order valence-corrected chi connectivity index (χ2v) is 6.29. The molecule has 132 valence electrons. The minimum absolute atomic E-state index is 0.0662. The van der Waals surface area contributed by atoms with Crippen LogP contribution < -0.4 is 10.6 Å². The SMILES string of the molecule is Cc1ccc(NC(=O)CN(C)CC(=O)N[C@@H](C)c2ccccc2)cc1. The second-order valence-electron chi connectivity index (χ2n) is 6.29. The summed E-state index contributed by atoms with van der Waals surface area (Å²) in [5.74, 6) is -0.253. The predicted octanol–water partition coefficient (Wildman–Crippen LogP) is 2.74. The van der Waals surface area contributed by atoms with Crippen LogP contribution in [-0.2, 0) is 9.59 Å². The van der Waals surface area contributed by atoms with E-state index in [9.17, 15) is 9.59 Å². The summed E-state index contributed by atoms with van der Waals surface area (Å²) in [7, 11) is 1.75. The smallest absolute Gasteiger partial charge is 0.238 e. The van der Waals surface area contributed by atoms with E-state index in [1.54, 1.807) is 11.9 Å². The molecule has 0 radical (unpaired) electrons. The summed E-state index contributed by atoms with van der Waals surface area (Å²) in [4.78, 5) is 25.9. The van der Waals surface area contributed by atoms with E-state index in [0.29, 0.717) is 0 Å². The van der Waals surface area contributed by atoms with Crippen LogP contribution in [0.4, 0.5) is 5.69 Å². The first kappa shape index (κ1) is 18.7. The molecule has 5 nitrogen and oxygen atoms in total. The van der Waals surface area contributed by atoms with Gasteiger partial charge in [-0.25, -0.2) is 0 Å². The summed E-state index contributed by atoms with van der Waals surface area (Å²) < 4.78 is 0. The van der Waals surface area contributed by atoms with E-state index in [4.69, 9.17) is 0 Å². The molecule has 0 saturated heterocycles. The largest absolute Gasteiger partial charge is 0.348 e. The minimum Gasteiger partial charge on any atom is -0.348 e. The fraction of sp³-hybridized carbons (Fsp3) is 0.300. The van der Waals surface area contributed by atoms with E-state index in [2.05, 4.69) is 10.6 Å². The van der Waals surface area contributed by atoms with E-state index < -0.39 is 0 Å². The van der Waals surface area contributed by atoms with Gasteiger partial charge in [-0.1, -0.05) is 48.0 Å². The van der Waals surface area contributed by atoms with Crippen LogP contribution in [0.2, 0.25) is 0 Å². The maximum atomic E-state index is 12.1. The number of nitrogens with one attached hydrogen (secondary N) is 2. The molecule has 0 unspecified atom stereocenters. The molecule has 1 atom stereocenters. The Kier molecular flexibility index (Phi) is 6.71. The van der Waals surface area contributed by atoms with E-state index >= 15 is 0 Å². The first-order chi connectivity index (χ1) is 11.9. The Morgan fingerprint density at radius 2 is 1.56 bits per heavy atom. The molecule has 0 aliphatic carbocycles. The Hall–Kier alpha value is -2.66. The summed E-state index contributed by atoms with van der Waals surface area (Å²) in [6, 6.07) is 17.3. The van der Waals surface area contributed by atoms with Crippen LogP contribution in [0.3, 0.4) is 0 Å². The molecule has 0 aliphatic heterocycles. The maximum Gasteiger partial charge on any atom is 0.238 e. The highest BCUT2D eigenvalue weighted by Crippen LogP contribution is 2.11. The third kappa shape index (κ3) is 6.39. The molecule has 0 heterocycles. The molecule has 0 fully saturated rings. The van der Waals surface area contributed by atoms with E-state index in [-0.39, 0.29) is 30.9 Å². The second kappa shape index (κ2) is 8.99. The average Bonchev–Trinajstić information content (AvgIpc) is 2.57. The Bertz CT molecular complexity index is 699. The lowest BCUT2D eigenvalue weighted by atomic mass is 10.1. The number of carbonyl (C=O) groups is 2. The van der Waals surface area contributed by atoms with Gasteiger partial charge in [0, 0.05) is 5.69 Å². The van der Waals surface area contributed by atoms with Crippen molar-refractivity contribution in [2.75, 3.05) is 25.5 Å². The Morgan fingerprint density at radius 1 is 0.960 bits per heavy atom. The van der Waals surface area contributed by atoms with Crippen molar-refractivity contribution >= 4 is 17.5 Å². The molecular weight excluding hydrogens is 314 g/mol. The molecule has 2 N–H and O–H groups in total. The highest BCUT2D eigenvalue weighted by Gasteiger charge is 2.13. The van der Waals surface area contributed by atoms with Crippen molar-refractivity contribution in [3.63, 3.8) is 0 Å². The van der Waals surface area contributed by atoms with Crippen molar-refractivity contribution in [1.82, 2.24) is 10.2 Å². The zero-order valence-electron chi connectivity index (χ0n) is 15.0. The summed E-state index contributed by atoms with van der Waals surface area (Å²) in [5, 5.41) is 5.77. The van der Waals surface area contributed by atoms with Gasteiger partial charge in [-0.3, -0.25) is 14.5 Å². The lowest BCUT2D eigenvalue weighted by molar-refractivity contribution is -0.123. The Balaban J connectivity index is 1.76. The molecule has 0 bridgehead atoms. The molecule has 2 aromatic rings. The van der Waals surface area contributed by atoms with Gasteiger partial charge in [0.15, 0.2) is 0 Å². The van der Waals surface area contributed by atoms with Gasteiger partial charge in [0.05, 0.1) is 19.1 Å². The summed E-state index contributed by atoms with van der Waals surface area (Å²) in [6.45, 7) is 4.26. The molecule has 0 aromatic heterocycles. The van der Waals surface area contributed by atoms with Crippen molar-refractivity contribution < 1.29 is 9.59 Å². The first-order valence-corrected chi connectivity index (χ1v) is 8.33. The number of likely N-dealkylation sites (N-methyl/N-ethyl adjacent to an activating group) is 1. The molecule has 0 spiro atoms. The van der Waals surface area contributed by atoms with Crippen LogP contribution >= 0.6 is 0 Å². The molecule has 2 aromatic carbocycles. The van der Waals surface area contributed by atoms with Crippen molar-refractivity contribution in [3.05, 3.63) is 65.7 Å². The van der Waals surface area contributed by atoms with Gasteiger partial charge in [0.2, 0.25) is 11.8 Å². The number of hydrogen-bond acceptors (Lipinski definition) is 3. The number of benzene rings is 2. The lowest BCUT2D eigenvalue weighted by Gasteiger charge is -2.19. The normalized spacial score (nSPS) is 11.8. The van der Waals surface area contributed by atoms with Crippen LogP contribution in [-0.4, -0.2) is 36.9 Å². The lowest BCUT2D eigenvalue weighted by Crippen LogP contribution is -2.39. The zero-order valence-corrected chi connectivity index (χ0v) is 15.0. The summed E-state index contributed by atoms with van der Waals surface area (Å²) in [5.41, 5.74) is 2.95. The third-order valence-corrected chi connectivity index (χ3v) is 3.84. The van der Waals surface area contributed by atoms with Gasteiger partial charge < -0.3 is 10.6 Å². The molecule has 25 heavy (non-hydrogen) atoms. The van der Waals surface area contributed by atoms with E-state index in [1.165, 1.54) is 0 Å². The van der Waals surface area contributed by atoms with Crippen molar-refractivity contribution in [1.29, 1.82) is 0 Å². The predicted molar refractivity (Wildman–Crippen MR) is 100 cm³/mol. The fourth-order valence-corrected chi connectivity index (χ4v) is 2.50. The first-order valence-electron chi connectivity index (χ1n) is 8.33. The van der Waals surface area contributed by atoms with Gasteiger partial charge in [-0.15, -0.1) is 0 Å². The minimum atomic E-state index is -0.143. The van der Waals surface area contributed by atoms with Crippen LogP contribution in [0, 0.1) is 6.92 Å². The third-order valence-electron chi connectivity index (χ3n) is 3.84. The standard InChI is InChI=1S/C20H25N3O2/c1-15-9-11-18(12-10-15)22-20(25)14-23(3)13-19(24)21-16(2)17-7-5-4-6-8-17/h4-12,16H,13-14H2,1-3H3,(H,21,24)(H,22,25)/t16-/m0/s1.